The van der Waals surface area contributed by atoms with Gasteiger partial charge >= 0.3 is 0 Å². The molecule has 100 valence electrons. The molecule has 1 fully saturated rings. The molecule has 0 N–H and O–H groups in total. The Hall–Kier alpha value is -0.770. The van der Waals surface area contributed by atoms with Crippen LogP contribution in [0.5, 0.6) is 0 Å². The summed E-state index contributed by atoms with van der Waals surface area (Å²) in [6, 6.07) is 2.65. The minimum Gasteiger partial charge on any atom is -0.340 e. The number of amides is 1. The standard InChI is InChI=1S/C14H21BrN2O/c1-10(2)17-9-11(15)8-13(17)14(18)16(3)12-6-4-5-7-12/h8-10,12H,4-7H2,1-3H3. The van der Waals surface area contributed by atoms with Gasteiger partial charge in [-0.2, -0.15) is 0 Å². The topological polar surface area (TPSA) is 25.2 Å². The third kappa shape index (κ3) is 2.63. The van der Waals surface area contributed by atoms with E-state index in [1.54, 1.807) is 0 Å². The number of carbonyl (C=O) groups excluding carboxylic acids is 1. The fourth-order valence-corrected chi connectivity index (χ4v) is 3.12. The molecule has 1 saturated carbocycles. The van der Waals surface area contributed by atoms with Gasteiger partial charge in [0.1, 0.15) is 5.69 Å². The van der Waals surface area contributed by atoms with Crippen molar-refractivity contribution in [2.75, 3.05) is 7.05 Å². The summed E-state index contributed by atoms with van der Waals surface area (Å²) in [6.07, 6.45) is 6.77. The largest absolute Gasteiger partial charge is 0.340 e. The maximum atomic E-state index is 12.6. The zero-order valence-electron chi connectivity index (χ0n) is 11.3. The highest BCUT2D eigenvalue weighted by Gasteiger charge is 2.26. The quantitative estimate of drug-likeness (QED) is 0.832. The molecule has 1 aromatic rings. The van der Waals surface area contributed by atoms with E-state index < -0.39 is 0 Å². The number of rotatable bonds is 3. The molecule has 0 bridgehead atoms. The van der Waals surface area contributed by atoms with Crippen molar-refractivity contribution < 1.29 is 4.79 Å². The van der Waals surface area contributed by atoms with Gasteiger partial charge in [0, 0.05) is 29.8 Å². The number of carbonyl (C=O) groups is 1. The molecule has 18 heavy (non-hydrogen) atoms. The van der Waals surface area contributed by atoms with Gasteiger partial charge in [-0.1, -0.05) is 12.8 Å². The van der Waals surface area contributed by atoms with Gasteiger partial charge < -0.3 is 9.47 Å². The van der Waals surface area contributed by atoms with Gasteiger partial charge in [0.2, 0.25) is 0 Å². The summed E-state index contributed by atoms with van der Waals surface area (Å²) in [6.45, 7) is 4.19. The summed E-state index contributed by atoms with van der Waals surface area (Å²) in [5, 5.41) is 0. The van der Waals surface area contributed by atoms with Gasteiger partial charge in [-0.25, -0.2) is 0 Å². The first-order valence-corrected chi connectivity index (χ1v) is 7.44. The van der Waals surface area contributed by atoms with Crippen LogP contribution in [-0.2, 0) is 0 Å². The van der Waals surface area contributed by atoms with Crippen molar-refractivity contribution in [1.82, 2.24) is 9.47 Å². The van der Waals surface area contributed by atoms with E-state index in [0.717, 1.165) is 23.0 Å². The van der Waals surface area contributed by atoms with Crippen LogP contribution in [0.4, 0.5) is 0 Å². The molecule has 2 rings (SSSR count). The zero-order chi connectivity index (χ0) is 13.3. The summed E-state index contributed by atoms with van der Waals surface area (Å²) < 4.78 is 3.01. The van der Waals surface area contributed by atoms with Crippen LogP contribution in [0.2, 0.25) is 0 Å². The second-order valence-electron chi connectivity index (χ2n) is 5.40. The van der Waals surface area contributed by atoms with E-state index in [1.807, 2.05) is 28.8 Å². The van der Waals surface area contributed by atoms with E-state index in [1.165, 1.54) is 12.8 Å². The predicted octanol–water partition coefficient (Wildman–Crippen LogP) is 3.85. The lowest BCUT2D eigenvalue weighted by molar-refractivity contribution is 0.0722. The number of nitrogens with zero attached hydrogens (tertiary/aromatic N) is 2. The van der Waals surface area contributed by atoms with Gasteiger partial charge in [-0.05, 0) is 48.7 Å². The maximum Gasteiger partial charge on any atom is 0.270 e. The summed E-state index contributed by atoms with van der Waals surface area (Å²) in [5.74, 6) is 0.140. The Balaban J connectivity index is 2.22. The third-order valence-corrected chi connectivity index (χ3v) is 4.22. The molecule has 1 amide bonds. The molecule has 3 nitrogen and oxygen atoms in total. The normalized spacial score (nSPS) is 16.5. The van der Waals surface area contributed by atoms with E-state index in [2.05, 4.69) is 29.8 Å². The molecule has 0 saturated heterocycles. The van der Waals surface area contributed by atoms with Crippen LogP contribution in [0.15, 0.2) is 16.7 Å². The molecule has 0 atom stereocenters. The van der Waals surface area contributed by atoms with E-state index in [0.29, 0.717) is 12.1 Å². The number of hydrogen-bond acceptors (Lipinski definition) is 1. The second-order valence-corrected chi connectivity index (χ2v) is 6.31. The minimum absolute atomic E-state index is 0.140. The van der Waals surface area contributed by atoms with Crippen molar-refractivity contribution in [2.24, 2.45) is 0 Å². The highest BCUT2D eigenvalue weighted by Crippen LogP contribution is 2.26. The van der Waals surface area contributed by atoms with Gasteiger partial charge in [-0.15, -0.1) is 0 Å². The van der Waals surface area contributed by atoms with Crippen LogP contribution >= 0.6 is 15.9 Å². The van der Waals surface area contributed by atoms with E-state index >= 15 is 0 Å². The van der Waals surface area contributed by atoms with Crippen molar-refractivity contribution in [3.05, 3.63) is 22.4 Å². The second kappa shape index (κ2) is 5.47. The first-order chi connectivity index (χ1) is 8.50. The van der Waals surface area contributed by atoms with Crippen LogP contribution in [0.25, 0.3) is 0 Å². The fourth-order valence-electron chi connectivity index (χ4n) is 2.68. The lowest BCUT2D eigenvalue weighted by Crippen LogP contribution is -2.36. The summed E-state index contributed by atoms with van der Waals surface area (Å²) in [5.41, 5.74) is 0.784. The highest BCUT2D eigenvalue weighted by atomic mass is 79.9. The van der Waals surface area contributed by atoms with Crippen LogP contribution in [0.1, 0.15) is 56.1 Å². The van der Waals surface area contributed by atoms with Crippen molar-refractivity contribution in [3.8, 4) is 0 Å². The SMILES string of the molecule is CC(C)n1cc(Br)cc1C(=O)N(C)C1CCCC1. The highest BCUT2D eigenvalue weighted by molar-refractivity contribution is 9.10. The first kappa shape index (κ1) is 13.7. The van der Waals surface area contributed by atoms with E-state index in [4.69, 9.17) is 0 Å². The van der Waals surface area contributed by atoms with Crippen LogP contribution in [0.3, 0.4) is 0 Å². The predicted molar refractivity (Wildman–Crippen MR) is 76.9 cm³/mol. The molecule has 4 heteroatoms. The smallest absolute Gasteiger partial charge is 0.270 e. The molecule has 0 spiro atoms. The summed E-state index contributed by atoms with van der Waals surface area (Å²) in [4.78, 5) is 14.5. The van der Waals surface area contributed by atoms with Gasteiger partial charge in [0.05, 0.1) is 0 Å². The lowest BCUT2D eigenvalue weighted by atomic mass is 10.2. The van der Waals surface area contributed by atoms with Crippen LogP contribution in [-0.4, -0.2) is 28.5 Å². The molecular weight excluding hydrogens is 292 g/mol. The Morgan fingerprint density at radius 2 is 2.06 bits per heavy atom. The fraction of sp³-hybridized carbons (Fsp3) is 0.643. The number of aromatic nitrogens is 1. The monoisotopic (exact) mass is 312 g/mol. The van der Waals surface area contributed by atoms with Crippen molar-refractivity contribution in [2.45, 2.75) is 51.6 Å². The van der Waals surface area contributed by atoms with Crippen molar-refractivity contribution >= 4 is 21.8 Å². The molecular formula is C14H21BrN2O. The molecule has 1 aliphatic rings. The Labute approximate surface area is 117 Å². The number of halogens is 1. The third-order valence-electron chi connectivity index (χ3n) is 3.78. The molecule has 0 unspecified atom stereocenters. The van der Waals surface area contributed by atoms with E-state index in [9.17, 15) is 4.79 Å². The zero-order valence-corrected chi connectivity index (χ0v) is 12.9. The molecule has 1 heterocycles. The molecule has 1 aliphatic carbocycles. The van der Waals surface area contributed by atoms with Crippen LogP contribution in [0, 0.1) is 0 Å². The average molecular weight is 313 g/mol. The van der Waals surface area contributed by atoms with Crippen molar-refractivity contribution in [1.29, 1.82) is 0 Å². The van der Waals surface area contributed by atoms with E-state index in [-0.39, 0.29) is 5.91 Å². The lowest BCUT2D eigenvalue weighted by Gasteiger charge is -2.25. The Morgan fingerprint density at radius 1 is 1.44 bits per heavy atom. The Bertz CT molecular complexity index is 433. The first-order valence-electron chi connectivity index (χ1n) is 6.65. The maximum absolute atomic E-state index is 12.6. The van der Waals surface area contributed by atoms with Gasteiger partial charge in [0.25, 0.3) is 5.91 Å². The molecule has 0 radical (unpaired) electrons. The molecule has 0 aromatic carbocycles. The molecule has 0 aliphatic heterocycles. The summed E-state index contributed by atoms with van der Waals surface area (Å²) in [7, 11) is 1.93. The average Bonchev–Trinajstić information content (AvgIpc) is 2.95. The molecule has 1 aromatic heterocycles. The minimum atomic E-state index is 0.140. The van der Waals surface area contributed by atoms with Crippen molar-refractivity contribution in [3.63, 3.8) is 0 Å². The van der Waals surface area contributed by atoms with Gasteiger partial charge in [-0.3, -0.25) is 4.79 Å². The Kier molecular flexibility index (Phi) is 4.15. The Morgan fingerprint density at radius 3 is 2.61 bits per heavy atom. The van der Waals surface area contributed by atoms with Gasteiger partial charge in [0.15, 0.2) is 0 Å². The summed E-state index contributed by atoms with van der Waals surface area (Å²) >= 11 is 3.46. The number of hydrogen-bond donors (Lipinski definition) is 0. The van der Waals surface area contributed by atoms with Crippen LogP contribution < -0.4 is 0 Å².